The lowest BCUT2D eigenvalue weighted by atomic mass is 10.1. The van der Waals surface area contributed by atoms with E-state index < -0.39 is 0 Å². The van der Waals surface area contributed by atoms with Crippen molar-refractivity contribution in [2.75, 3.05) is 10.8 Å². The van der Waals surface area contributed by atoms with Gasteiger partial charge in [0, 0.05) is 5.69 Å². The van der Waals surface area contributed by atoms with Crippen LogP contribution in [0.25, 0.3) is 0 Å². The van der Waals surface area contributed by atoms with Crippen molar-refractivity contribution in [2.45, 2.75) is 18.6 Å². The summed E-state index contributed by atoms with van der Waals surface area (Å²) in [6, 6.07) is 18.4. The minimum atomic E-state index is 0.0405. The molecule has 0 aliphatic carbocycles. The maximum absolute atomic E-state index is 12.5. The highest BCUT2D eigenvalue weighted by Gasteiger charge is 2.33. The Morgan fingerprint density at radius 1 is 1.10 bits per heavy atom. The number of anilines is 1. The maximum Gasteiger partial charge on any atom is 0.241 e. The third-order valence-electron chi connectivity index (χ3n) is 3.56. The predicted octanol–water partition coefficient (Wildman–Crippen LogP) is 3.64. The van der Waals surface area contributed by atoms with Crippen LogP contribution in [0.3, 0.4) is 0 Å². The minimum Gasteiger partial charge on any atom is -0.302 e. The Morgan fingerprint density at radius 3 is 2.50 bits per heavy atom. The van der Waals surface area contributed by atoms with E-state index in [1.165, 1.54) is 11.1 Å². The van der Waals surface area contributed by atoms with Gasteiger partial charge in [0.05, 0.1) is 11.1 Å². The standard InChI is InChI=1S/C17H17NOS/c1-13-7-9-15(10-8-13)18-12-20-16(17(18)19)11-14-5-3-2-4-6-14/h2-10,16H,11-12H2,1H3. The number of carbonyl (C=O) groups excluding carboxylic acids is 1. The molecule has 0 bridgehead atoms. The minimum absolute atomic E-state index is 0.0405. The molecule has 102 valence electrons. The van der Waals surface area contributed by atoms with Gasteiger partial charge in [0.15, 0.2) is 0 Å². The second kappa shape index (κ2) is 5.71. The van der Waals surface area contributed by atoms with Gasteiger partial charge in [-0.25, -0.2) is 0 Å². The van der Waals surface area contributed by atoms with Gasteiger partial charge in [-0.1, -0.05) is 48.0 Å². The molecule has 0 aromatic heterocycles. The lowest BCUT2D eigenvalue weighted by Gasteiger charge is -2.16. The molecule has 2 aromatic rings. The van der Waals surface area contributed by atoms with Gasteiger partial charge in [-0.05, 0) is 31.0 Å². The SMILES string of the molecule is Cc1ccc(N2CSC(Cc3ccccc3)C2=O)cc1. The van der Waals surface area contributed by atoms with E-state index in [9.17, 15) is 4.79 Å². The second-order valence-corrected chi connectivity index (χ2v) is 6.24. The van der Waals surface area contributed by atoms with Gasteiger partial charge in [0.1, 0.15) is 0 Å². The fourth-order valence-electron chi connectivity index (χ4n) is 2.37. The van der Waals surface area contributed by atoms with Crippen molar-refractivity contribution >= 4 is 23.4 Å². The summed E-state index contributed by atoms with van der Waals surface area (Å²) in [5.41, 5.74) is 3.45. The van der Waals surface area contributed by atoms with Crippen LogP contribution >= 0.6 is 11.8 Å². The fraction of sp³-hybridized carbons (Fsp3) is 0.235. The lowest BCUT2D eigenvalue weighted by Crippen LogP contribution is -2.30. The van der Waals surface area contributed by atoms with E-state index in [0.29, 0.717) is 0 Å². The molecule has 1 aliphatic heterocycles. The van der Waals surface area contributed by atoms with Gasteiger partial charge in [0.2, 0.25) is 5.91 Å². The van der Waals surface area contributed by atoms with Crippen molar-refractivity contribution in [3.63, 3.8) is 0 Å². The lowest BCUT2D eigenvalue weighted by molar-refractivity contribution is -0.117. The molecule has 20 heavy (non-hydrogen) atoms. The molecular weight excluding hydrogens is 266 g/mol. The molecule has 1 unspecified atom stereocenters. The number of rotatable bonds is 3. The Morgan fingerprint density at radius 2 is 1.80 bits per heavy atom. The number of aryl methyl sites for hydroxylation is 1. The molecule has 0 N–H and O–H groups in total. The Labute approximate surface area is 123 Å². The average Bonchev–Trinajstić information content (AvgIpc) is 2.83. The molecule has 2 nitrogen and oxygen atoms in total. The Hall–Kier alpha value is -1.74. The molecular formula is C17H17NOS. The van der Waals surface area contributed by atoms with Crippen LogP contribution in [0.15, 0.2) is 54.6 Å². The molecule has 1 saturated heterocycles. The van der Waals surface area contributed by atoms with Crippen LogP contribution < -0.4 is 4.90 Å². The number of amides is 1. The summed E-state index contributed by atoms with van der Waals surface area (Å²) in [5, 5.41) is 0.0405. The highest BCUT2D eigenvalue weighted by molar-refractivity contribution is 8.01. The fourth-order valence-corrected chi connectivity index (χ4v) is 3.56. The van der Waals surface area contributed by atoms with Gasteiger partial charge in [-0.2, -0.15) is 0 Å². The van der Waals surface area contributed by atoms with Crippen molar-refractivity contribution in [1.29, 1.82) is 0 Å². The number of nitrogens with zero attached hydrogens (tertiary/aromatic N) is 1. The van der Waals surface area contributed by atoms with Crippen molar-refractivity contribution < 1.29 is 4.79 Å². The zero-order valence-corrected chi connectivity index (χ0v) is 12.3. The normalized spacial score (nSPS) is 18.6. The molecule has 3 heteroatoms. The summed E-state index contributed by atoms with van der Waals surface area (Å²) in [7, 11) is 0. The van der Waals surface area contributed by atoms with Gasteiger partial charge >= 0.3 is 0 Å². The van der Waals surface area contributed by atoms with Crippen LogP contribution in [-0.2, 0) is 11.2 Å². The molecule has 1 heterocycles. The number of carbonyl (C=O) groups is 1. The topological polar surface area (TPSA) is 20.3 Å². The second-order valence-electron chi connectivity index (χ2n) is 5.08. The monoisotopic (exact) mass is 283 g/mol. The number of hydrogen-bond donors (Lipinski definition) is 0. The van der Waals surface area contributed by atoms with Gasteiger partial charge in [-0.15, -0.1) is 11.8 Å². The first kappa shape index (κ1) is 13.3. The van der Waals surface area contributed by atoms with Crippen molar-refractivity contribution in [1.82, 2.24) is 0 Å². The molecule has 0 saturated carbocycles. The summed E-state index contributed by atoms with van der Waals surface area (Å²) in [5.74, 6) is 0.974. The summed E-state index contributed by atoms with van der Waals surface area (Å²) in [6.45, 7) is 2.06. The van der Waals surface area contributed by atoms with Crippen LogP contribution in [0.4, 0.5) is 5.69 Å². The van der Waals surface area contributed by atoms with E-state index in [4.69, 9.17) is 0 Å². The van der Waals surface area contributed by atoms with E-state index in [2.05, 4.69) is 31.2 Å². The zero-order valence-electron chi connectivity index (χ0n) is 11.5. The molecule has 1 aliphatic rings. The van der Waals surface area contributed by atoms with Crippen molar-refractivity contribution in [3.05, 3.63) is 65.7 Å². The third-order valence-corrected chi connectivity index (χ3v) is 4.73. The summed E-state index contributed by atoms with van der Waals surface area (Å²) < 4.78 is 0. The predicted molar refractivity (Wildman–Crippen MR) is 85.1 cm³/mol. The van der Waals surface area contributed by atoms with Crippen molar-refractivity contribution in [2.24, 2.45) is 0 Å². The Balaban J connectivity index is 1.72. The largest absolute Gasteiger partial charge is 0.302 e. The van der Waals surface area contributed by atoms with E-state index in [0.717, 1.165) is 18.0 Å². The summed E-state index contributed by atoms with van der Waals surface area (Å²) in [4.78, 5) is 14.4. The van der Waals surface area contributed by atoms with Gasteiger partial charge in [0.25, 0.3) is 0 Å². The first-order valence-electron chi connectivity index (χ1n) is 6.77. The molecule has 2 aromatic carbocycles. The number of benzene rings is 2. The van der Waals surface area contributed by atoms with Crippen LogP contribution in [0.2, 0.25) is 0 Å². The summed E-state index contributed by atoms with van der Waals surface area (Å²) >= 11 is 1.73. The zero-order chi connectivity index (χ0) is 13.9. The number of thioether (sulfide) groups is 1. The van der Waals surface area contributed by atoms with Gasteiger partial charge < -0.3 is 4.90 Å². The molecule has 1 atom stereocenters. The highest BCUT2D eigenvalue weighted by Crippen LogP contribution is 2.31. The van der Waals surface area contributed by atoms with E-state index in [-0.39, 0.29) is 11.2 Å². The first-order valence-corrected chi connectivity index (χ1v) is 7.82. The highest BCUT2D eigenvalue weighted by atomic mass is 32.2. The third kappa shape index (κ3) is 2.73. The van der Waals surface area contributed by atoms with Crippen LogP contribution in [0.5, 0.6) is 0 Å². The maximum atomic E-state index is 12.5. The molecule has 3 rings (SSSR count). The van der Waals surface area contributed by atoms with Crippen molar-refractivity contribution in [3.8, 4) is 0 Å². The molecule has 0 radical (unpaired) electrons. The van der Waals surface area contributed by atoms with Crippen LogP contribution in [0.1, 0.15) is 11.1 Å². The Kier molecular flexibility index (Phi) is 3.79. The number of hydrogen-bond acceptors (Lipinski definition) is 2. The molecule has 1 fully saturated rings. The Bertz CT molecular complexity index is 594. The summed E-state index contributed by atoms with van der Waals surface area (Å²) in [6.07, 6.45) is 0.812. The van der Waals surface area contributed by atoms with E-state index in [1.54, 1.807) is 11.8 Å². The van der Waals surface area contributed by atoms with E-state index in [1.807, 2.05) is 35.2 Å². The smallest absolute Gasteiger partial charge is 0.241 e. The van der Waals surface area contributed by atoms with Crippen LogP contribution in [0, 0.1) is 6.92 Å². The van der Waals surface area contributed by atoms with Crippen LogP contribution in [-0.4, -0.2) is 17.0 Å². The first-order chi connectivity index (χ1) is 9.74. The molecule has 0 spiro atoms. The molecule has 1 amide bonds. The van der Waals surface area contributed by atoms with Gasteiger partial charge in [-0.3, -0.25) is 4.79 Å². The quantitative estimate of drug-likeness (QED) is 0.857. The average molecular weight is 283 g/mol. The van der Waals surface area contributed by atoms with E-state index >= 15 is 0 Å².